The Morgan fingerprint density at radius 1 is 1.33 bits per heavy atom. The molecule has 0 aliphatic heterocycles. The highest BCUT2D eigenvalue weighted by Crippen LogP contribution is 2.31. The summed E-state index contributed by atoms with van der Waals surface area (Å²) in [6, 6.07) is 9.18. The van der Waals surface area contributed by atoms with E-state index in [0.29, 0.717) is 0 Å². The Balaban J connectivity index is 2.35. The highest BCUT2D eigenvalue weighted by Gasteiger charge is 2.13. The van der Waals surface area contributed by atoms with E-state index in [2.05, 4.69) is 10.7 Å². The molecule has 1 aromatic rings. The van der Waals surface area contributed by atoms with E-state index in [9.17, 15) is 9.36 Å². The van der Waals surface area contributed by atoms with Crippen LogP contribution in [0.2, 0.25) is 0 Å². The number of rotatable bonds is 6. The third-order valence-corrected chi connectivity index (χ3v) is 2.67. The zero-order chi connectivity index (χ0) is 13.6. The van der Waals surface area contributed by atoms with E-state index < -0.39 is 13.9 Å². The van der Waals surface area contributed by atoms with Crippen molar-refractivity contribution in [2.45, 2.75) is 0 Å². The molecule has 8 heteroatoms. The summed E-state index contributed by atoms with van der Waals surface area (Å²) in [6.45, 7) is -0.164. The number of carbonyl (C=O) groups excluding carboxylic acids is 1. The summed E-state index contributed by atoms with van der Waals surface area (Å²) >= 11 is 0. The lowest BCUT2D eigenvalue weighted by Gasteiger charge is -2.20. The number of para-hydroxylation sites is 1. The van der Waals surface area contributed by atoms with Crippen molar-refractivity contribution in [3.05, 3.63) is 30.3 Å². The summed E-state index contributed by atoms with van der Waals surface area (Å²) in [6.07, 6.45) is -0.518. The fourth-order valence-electron chi connectivity index (χ4n) is 1.26. The standard InChI is InChI=1S/C10H16N3O4P/c1-13(9-5-3-2-4-6-9)12-10(14)7-11-8-18(15,16)17/h2-6,11H,7-8H2,1H3,(H,12,14)(H2,15,16,17). The van der Waals surface area contributed by atoms with Crippen molar-refractivity contribution < 1.29 is 19.1 Å². The SMILES string of the molecule is CN(NC(=O)CNCP(=O)(O)O)c1ccccc1. The summed E-state index contributed by atoms with van der Waals surface area (Å²) in [5.41, 5.74) is 3.37. The van der Waals surface area contributed by atoms with E-state index in [1.54, 1.807) is 7.05 Å². The van der Waals surface area contributed by atoms with Crippen LogP contribution in [0.25, 0.3) is 0 Å². The summed E-state index contributed by atoms with van der Waals surface area (Å²) in [5, 5.41) is 3.91. The van der Waals surface area contributed by atoms with Crippen LogP contribution in [0.15, 0.2) is 30.3 Å². The van der Waals surface area contributed by atoms with Gasteiger partial charge in [0.1, 0.15) is 0 Å². The number of benzene rings is 1. The monoisotopic (exact) mass is 273 g/mol. The summed E-state index contributed by atoms with van der Waals surface area (Å²) in [5.74, 6) is -0.380. The van der Waals surface area contributed by atoms with Crippen LogP contribution < -0.4 is 15.8 Å². The first kappa shape index (κ1) is 14.7. The van der Waals surface area contributed by atoms with Crippen LogP contribution in [0.3, 0.4) is 0 Å². The molecule has 0 aliphatic carbocycles. The third kappa shape index (κ3) is 5.79. The van der Waals surface area contributed by atoms with Crippen LogP contribution >= 0.6 is 7.60 Å². The maximum Gasteiger partial charge on any atom is 0.339 e. The molecule has 0 bridgehead atoms. The van der Waals surface area contributed by atoms with Gasteiger partial charge >= 0.3 is 7.60 Å². The molecule has 0 atom stereocenters. The lowest BCUT2D eigenvalue weighted by molar-refractivity contribution is -0.120. The van der Waals surface area contributed by atoms with Gasteiger partial charge in [0, 0.05) is 7.05 Å². The van der Waals surface area contributed by atoms with Gasteiger partial charge in [0.2, 0.25) is 0 Å². The molecule has 0 saturated heterocycles. The van der Waals surface area contributed by atoms with Crippen LogP contribution in [0, 0.1) is 0 Å². The molecule has 0 radical (unpaired) electrons. The molecular weight excluding hydrogens is 257 g/mol. The molecule has 0 aliphatic rings. The Kier molecular flexibility index (Phi) is 5.30. The third-order valence-electron chi connectivity index (χ3n) is 2.04. The van der Waals surface area contributed by atoms with Crippen molar-refractivity contribution in [1.82, 2.24) is 10.7 Å². The van der Waals surface area contributed by atoms with Crippen molar-refractivity contribution in [2.75, 3.05) is 24.9 Å². The maximum atomic E-state index is 11.4. The zero-order valence-corrected chi connectivity index (χ0v) is 10.8. The predicted molar refractivity (Wildman–Crippen MR) is 67.9 cm³/mol. The maximum absolute atomic E-state index is 11.4. The van der Waals surface area contributed by atoms with Crippen LogP contribution in [-0.4, -0.2) is 35.6 Å². The van der Waals surface area contributed by atoms with Crippen molar-refractivity contribution in [3.8, 4) is 0 Å². The van der Waals surface area contributed by atoms with Gasteiger partial charge in [-0.15, -0.1) is 0 Å². The van der Waals surface area contributed by atoms with Crippen LogP contribution in [0.5, 0.6) is 0 Å². The molecule has 0 fully saturated rings. The van der Waals surface area contributed by atoms with Crippen molar-refractivity contribution >= 4 is 19.2 Å². The predicted octanol–water partition coefficient (Wildman–Crippen LogP) is -0.121. The first-order valence-electron chi connectivity index (χ1n) is 5.22. The Morgan fingerprint density at radius 2 is 1.94 bits per heavy atom. The molecule has 0 unspecified atom stereocenters. The molecule has 1 aromatic carbocycles. The first-order chi connectivity index (χ1) is 8.38. The second kappa shape index (κ2) is 6.51. The topological polar surface area (TPSA) is 102 Å². The zero-order valence-electron chi connectivity index (χ0n) is 9.91. The Morgan fingerprint density at radius 3 is 2.50 bits per heavy atom. The fraction of sp³-hybridized carbons (Fsp3) is 0.300. The highest BCUT2D eigenvalue weighted by atomic mass is 31.2. The number of hydrazine groups is 1. The molecule has 18 heavy (non-hydrogen) atoms. The minimum Gasteiger partial charge on any atom is -0.324 e. The minimum absolute atomic E-state index is 0.164. The number of anilines is 1. The van der Waals surface area contributed by atoms with Crippen molar-refractivity contribution in [1.29, 1.82) is 0 Å². The van der Waals surface area contributed by atoms with E-state index >= 15 is 0 Å². The Bertz CT molecular complexity index is 434. The van der Waals surface area contributed by atoms with E-state index in [1.807, 2.05) is 30.3 Å². The van der Waals surface area contributed by atoms with Gasteiger partial charge < -0.3 is 9.79 Å². The second-order valence-electron chi connectivity index (χ2n) is 3.68. The molecule has 0 heterocycles. The van der Waals surface area contributed by atoms with Gasteiger partial charge in [-0.1, -0.05) is 18.2 Å². The van der Waals surface area contributed by atoms with E-state index in [4.69, 9.17) is 9.79 Å². The van der Waals surface area contributed by atoms with Crippen LogP contribution in [-0.2, 0) is 9.36 Å². The average Bonchev–Trinajstić information content (AvgIpc) is 2.28. The molecule has 100 valence electrons. The van der Waals surface area contributed by atoms with E-state index in [1.165, 1.54) is 5.01 Å². The number of carbonyl (C=O) groups is 1. The largest absolute Gasteiger partial charge is 0.339 e. The van der Waals surface area contributed by atoms with E-state index in [0.717, 1.165) is 5.69 Å². The molecule has 1 rings (SSSR count). The number of hydrogen-bond acceptors (Lipinski definition) is 4. The van der Waals surface area contributed by atoms with Gasteiger partial charge in [-0.25, -0.2) is 0 Å². The molecule has 1 amide bonds. The lowest BCUT2D eigenvalue weighted by atomic mass is 10.3. The van der Waals surface area contributed by atoms with Gasteiger partial charge in [0.05, 0.1) is 18.5 Å². The van der Waals surface area contributed by atoms with Crippen LogP contribution in [0.4, 0.5) is 5.69 Å². The van der Waals surface area contributed by atoms with Crippen molar-refractivity contribution in [3.63, 3.8) is 0 Å². The van der Waals surface area contributed by atoms with Gasteiger partial charge in [0.15, 0.2) is 0 Å². The number of nitrogens with zero attached hydrogens (tertiary/aromatic N) is 1. The van der Waals surface area contributed by atoms with Crippen molar-refractivity contribution in [2.24, 2.45) is 0 Å². The number of nitrogens with one attached hydrogen (secondary N) is 2. The highest BCUT2D eigenvalue weighted by molar-refractivity contribution is 7.51. The molecule has 4 N–H and O–H groups in total. The number of hydrogen-bond donors (Lipinski definition) is 4. The normalized spacial score (nSPS) is 11.1. The molecular formula is C10H16N3O4P. The Labute approximate surface area is 105 Å². The second-order valence-corrected chi connectivity index (χ2v) is 5.32. The van der Waals surface area contributed by atoms with Gasteiger partial charge in [-0.3, -0.25) is 25.1 Å². The molecule has 0 aromatic heterocycles. The molecule has 7 nitrogen and oxygen atoms in total. The summed E-state index contributed by atoms with van der Waals surface area (Å²) in [7, 11) is -2.44. The smallest absolute Gasteiger partial charge is 0.324 e. The summed E-state index contributed by atoms with van der Waals surface area (Å²) < 4.78 is 10.5. The van der Waals surface area contributed by atoms with Crippen LogP contribution in [0.1, 0.15) is 0 Å². The van der Waals surface area contributed by atoms with Gasteiger partial charge in [0.25, 0.3) is 5.91 Å². The Hall–Kier alpha value is -1.40. The summed E-state index contributed by atoms with van der Waals surface area (Å²) in [4.78, 5) is 28.6. The lowest BCUT2D eigenvalue weighted by Crippen LogP contribution is -2.44. The quantitative estimate of drug-likeness (QED) is 0.426. The minimum atomic E-state index is -4.12. The molecule has 0 spiro atoms. The fourth-order valence-corrected chi connectivity index (χ4v) is 1.66. The average molecular weight is 273 g/mol. The number of amides is 1. The first-order valence-corrected chi connectivity index (χ1v) is 7.02. The van der Waals surface area contributed by atoms with Gasteiger partial charge in [-0.2, -0.15) is 0 Å². The molecule has 0 saturated carbocycles. The van der Waals surface area contributed by atoms with E-state index in [-0.39, 0.29) is 12.5 Å². The van der Waals surface area contributed by atoms with Gasteiger partial charge in [-0.05, 0) is 12.1 Å².